The van der Waals surface area contributed by atoms with E-state index in [0.717, 1.165) is 6.42 Å². The molecule has 0 spiro atoms. The van der Waals surface area contributed by atoms with Gasteiger partial charge in [0.05, 0.1) is 6.54 Å². The highest BCUT2D eigenvalue weighted by molar-refractivity contribution is 5.79. The van der Waals surface area contributed by atoms with Crippen molar-refractivity contribution in [3.63, 3.8) is 0 Å². The number of nitrogens with zero attached hydrogens (tertiary/aromatic N) is 1. The normalized spacial score (nSPS) is 30.9. The largest absolute Gasteiger partial charge is 0.336 e. The van der Waals surface area contributed by atoms with Gasteiger partial charge in [0.25, 0.3) is 0 Å². The maximum atomic E-state index is 12.0. The van der Waals surface area contributed by atoms with Crippen LogP contribution in [0.4, 0.5) is 0 Å². The molecule has 1 saturated heterocycles. The van der Waals surface area contributed by atoms with Crippen molar-refractivity contribution >= 4 is 5.91 Å². The number of hydrogen-bond acceptors (Lipinski definition) is 2. The summed E-state index contributed by atoms with van der Waals surface area (Å²) in [4.78, 5) is 14.1. The van der Waals surface area contributed by atoms with Gasteiger partial charge < -0.3 is 10.2 Å². The fraction of sp³-hybridized carbons (Fsp3) is 0.917. The summed E-state index contributed by atoms with van der Waals surface area (Å²) < 4.78 is 0. The molecular weight excluding hydrogens is 188 g/mol. The van der Waals surface area contributed by atoms with Gasteiger partial charge in [-0.3, -0.25) is 4.79 Å². The Balaban J connectivity index is 1.85. The third-order valence-electron chi connectivity index (χ3n) is 3.66. The zero-order valence-electron chi connectivity index (χ0n) is 9.83. The van der Waals surface area contributed by atoms with Crippen LogP contribution < -0.4 is 5.32 Å². The zero-order valence-corrected chi connectivity index (χ0v) is 9.83. The first-order chi connectivity index (χ1) is 7.22. The Morgan fingerprint density at radius 1 is 1.33 bits per heavy atom. The van der Waals surface area contributed by atoms with E-state index in [2.05, 4.69) is 24.1 Å². The van der Waals surface area contributed by atoms with Crippen LogP contribution in [0, 0.1) is 0 Å². The van der Waals surface area contributed by atoms with Crippen molar-refractivity contribution in [2.75, 3.05) is 6.54 Å². The predicted octanol–water partition coefficient (Wildman–Crippen LogP) is 1.53. The minimum atomic E-state index is 0.304. The zero-order chi connectivity index (χ0) is 10.8. The summed E-state index contributed by atoms with van der Waals surface area (Å²) in [6.45, 7) is 4.90. The molecule has 1 amide bonds. The summed E-state index contributed by atoms with van der Waals surface area (Å²) in [6.07, 6.45) is 5.96. The molecule has 1 aliphatic carbocycles. The van der Waals surface area contributed by atoms with Crippen LogP contribution in [0.3, 0.4) is 0 Å². The topological polar surface area (TPSA) is 32.3 Å². The Morgan fingerprint density at radius 3 is 2.67 bits per heavy atom. The van der Waals surface area contributed by atoms with Gasteiger partial charge in [0.15, 0.2) is 0 Å². The summed E-state index contributed by atoms with van der Waals surface area (Å²) in [5, 5.41) is 3.31. The lowest BCUT2D eigenvalue weighted by Gasteiger charge is -2.28. The molecule has 2 rings (SSSR count). The third-order valence-corrected chi connectivity index (χ3v) is 3.66. The number of nitrogens with one attached hydrogen (secondary N) is 1. The van der Waals surface area contributed by atoms with Gasteiger partial charge in [-0.2, -0.15) is 0 Å². The first-order valence-electron chi connectivity index (χ1n) is 6.27. The molecule has 1 saturated carbocycles. The van der Waals surface area contributed by atoms with Crippen LogP contribution >= 0.6 is 0 Å². The van der Waals surface area contributed by atoms with Crippen molar-refractivity contribution in [3.05, 3.63) is 0 Å². The molecule has 0 radical (unpaired) electrons. The Kier molecular flexibility index (Phi) is 3.29. The summed E-state index contributed by atoms with van der Waals surface area (Å²) in [5.41, 5.74) is 0. The number of hydrogen-bond donors (Lipinski definition) is 1. The van der Waals surface area contributed by atoms with Crippen LogP contribution in [0.15, 0.2) is 0 Å². The standard InChI is InChI=1S/C12H22N2O/c1-3-11-7-4-9(2)14(11)12(15)8-13-10-5-6-10/h9-11,13H,3-8H2,1-2H3. The van der Waals surface area contributed by atoms with Gasteiger partial charge in [0.2, 0.25) is 5.91 Å². The maximum Gasteiger partial charge on any atom is 0.237 e. The average molecular weight is 210 g/mol. The monoisotopic (exact) mass is 210 g/mol. The highest BCUT2D eigenvalue weighted by atomic mass is 16.2. The van der Waals surface area contributed by atoms with E-state index in [4.69, 9.17) is 0 Å². The van der Waals surface area contributed by atoms with Crippen LogP contribution in [0.1, 0.15) is 46.0 Å². The van der Waals surface area contributed by atoms with Gasteiger partial charge in [-0.1, -0.05) is 6.92 Å². The van der Waals surface area contributed by atoms with Gasteiger partial charge in [-0.05, 0) is 39.0 Å². The minimum Gasteiger partial charge on any atom is -0.336 e. The highest BCUT2D eigenvalue weighted by Gasteiger charge is 2.33. The van der Waals surface area contributed by atoms with Gasteiger partial charge in [-0.25, -0.2) is 0 Å². The fourth-order valence-corrected chi connectivity index (χ4v) is 2.53. The van der Waals surface area contributed by atoms with Crippen LogP contribution in [0.2, 0.25) is 0 Å². The fourth-order valence-electron chi connectivity index (χ4n) is 2.53. The molecule has 0 aromatic heterocycles. The van der Waals surface area contributed by atoms with E-state index in [1.54, 1.807) is 0 Å². The Labute approximate surface area is 92.2 Å². The molecule has 2 aliphatic rings. The highest BCUT2D eigenvalue weighted by Crippen LogP contribution is 2.26. The van der Waals surface area contributed by atoms with Crippen molar-refractivity contribution in [1.29, 1.82) is 0 Å². The molecule has 15 heavy (non-hydrogen) atoms. The Morgan fingerprint density at radius 2 is 2.07 bits per heavy atom. The maximum absolute atomic E-state index is 12.0. The molecule has 2 unspecified atom stereocenters. The summed E-state index contributed by atoms with van der Waals surface area (Å²) in [7, 11) is 0. The molecule has 86 valence electrons. The minimum absolute atomic E-state index is 0.304. The lowest BCUT2D eigenvalue weighted by molar-refractivity contribution is -0.132. The second-order valence-electron chi connectivity index (χ2n) is 4.94. The second kappa shape index (κ2) is 4.52. The van der Waals surface area contributed by atoms with Crippen molar-refractivity contribution in [3.8, 4) is 0 Å². The van der Waals surface area contributed by atoms with Crippen molar-refractivity contribution in [2.45, 2.75) is 64.1 Å². The van der Waals surface area contributed by atoms with Crippen molar-refractivity contribution in [1.82, 2.24) is 10.2 Å². The SMILES string of the molecule is CCC1CCC(C)N1C(=O)CNC1CC1. The summed E-state index contributed by atoms with van der Waals surface area (Å²) in [6, 6.07) is 1.57. The van der Waals surface area contributed by atoms with E-state index in [1.807, 2.05) is 0 Å². The Bertz CT molecular complexity index is 238. The number of carbonyl (C=O) groups excluding carboxylic acids is 1. The molecule has 3 nitrogen and oxygen atoms in total. The van der Waals surface area contributed by atoms with Gasteiger partial charge in [0, 0.05) is 18.1 Å². The van der Waals surface area contributed by atoms with Crippen LogP contribution in [-0.2, 0) is 4.79 Å². The number of rotatable bonds is 4. The Hall–Kier alpha value is -0.570. The van der Waals surface area contributed by atoms with Crippen molar-refractivity contribution in [2.24, 2.45) is 0 Å². The van der Waals surface area contributed by atoms with Crippen LogP contribution in [0.25, 0.3) is 0 Å². The molecule has 0 aromatic rings. The number of likely N-dealkylation sites (tertiary alicyclic amines) is 1. The van der Waals surface area contributed by atoms with E-state index < -0.39 is 0 Å². The lowest BCUT2D eigenvalue weighted by atomic mass is 10.1. The molecule has 0 bridgehead atoms. The summed E-state index contributed by atoms with van der Waals surface area (Å²) >= 11 is 0. The quantitative estimate of drug-likeness (QED) is 0.763. The van der Waals surface area contributed by atoms with E-state index in [0.29, 0.717) is 30.6 Å². The van der Waals surface area contributed by atoms with Gasteiger partial charge in [0.1, 0.15) is 0 Å². The smallest absolute Gasteiger partial charge is 0.237 e. The number of carbonyl (C=O) groups is 1. The first kappa shape index (κ1) is 10.9. The molecular formula is C12H22N2O. The number of amides is 1. The van der Waals surface area contributed by atoms with E-state index in [-0.39, 0.29) is 0 Å². The molecule has 2 fully saturated rings. The van der Waals surface area contributed by atoms with E-state index >= 15 is 0 Å². The molecule has 3 heteroatoms. The molecule has 1 N–H and O–H groups in total. The summed E-state index contributed by atoms with van der Waals surface area (Å²) in [5.74, 6) is 0.304. The molecule has 1 heterocycles. The van der Waals surface area contributed by atoms with Crippen molar-refractivity contribution < 1.29 is 4.79 Å². The molecule has 0 aromatic carbocycles. The van der Waals surface area contributed by atoms with Crippen LogP contribution in [-0.4, -0.2) is 35.5 Å². The molecule has 2 atom stereocenters. The second-order valence-corrected chi connectivity index (χ2v) is 4.94. The lowest BCUT2D eigenvalue weighted by Crippen LogP contribution is -2.44. The average Bonchev–Trinajstić information content (AvgIpc) is 2.98. The van der Waals surface area contributed by atoms with Crippen LogP contribution in [0.5, 0.6) is 0 Å². The first-order valence-corrected chi connectivity index (χ1v) is 6.27. The predicted molar refractivity (Wildman–Crippen MR) is 60.6 cm³/mol. The van der Waals surface area contributed by atoms with Gasteiger partial charge in [-0.15, -0.1) is 0 Å². The van der Waals surface area contributed by atoms with E-state index in [9.17, 15) is 4.79 Å². The van der Waals surface area contributed by atoms with Gasteiger partial charge >= 0.3 is 0 Å². The van der Waals surface area contributed by atoms with E-state index in [1.165, 1.54) is 25.7 Å². The third kappa shape index (κ3) is 2.51. The molecule has 1 aliphatic heterocycles.